The summed E-state index contributed by atoms with van der Waals surface area (Å²) >= 11 is 0. The highest BCUT2D eigenvalue weighted by atomic mass is 19.4. The molecule has 0 aromatic carbocycles. The van der Waals surface area contributed by atoms with Crippen molar-refractivity contribution in [2.75, 3.05) is 0 Å². The largest absolute Gasteiger partial charge is 0.471 e. The van der Waals surface area contributed by atoms with E-state index in [1.807, 2.05) is 0 Å². The molecule has 0 aliphatic rings. The van der Waals surface area contributed by atoms with Crippen LogP contribution in [0.1, 0.15) is 20.8 Å². The normalized spacial score (nSPS) is 12.5. The van der Waals surface area contributed by atoms with E-state index in [9.17, 15) is 22.8 Å². The predicted molar refractivity (Wildman–Crippen MR) is 38.7 cm³/mol. The van der Waals surface area contributed by atoms with E-state index in [1.165, 1.54) is 26.1 Å². The third-order valence-corrected chi connectivity index (χ3v) is 1.17. The Morgan fingerprint density at radius 2 is 1.38 bits per heavy atom. The minimum atomic E-state index is -5.01. The molecular weight excluding hydrogens is 187 g/mol. The Labute approximate surface area is 73.3 Å². The van der Waals surface area contributed by atoms with E-state index < -0.39 is 23.4 Å². The van der Waals surface area contributed by atoms with Crippen molar-refractivity contribution in [2.24, 2.45) is 5.41 Å². The van der Waals surface area contributed by atoms with E-state index in [-0.39, 0.29) is 0 Å². The Hall–Kier alpha value is -1.07. The number of halogens is 3. The van der Waals surface area contributed by atoms with Crippen LogP contribution in [0.25, 0.3) is 0 Å². The van der Waals surface area contributed by atoms with Crippen molar-refractivity contribution in [1.29, 1.82) is 0 Å². The van der Waals surface area contributed by atoms with Gasteiger partial charge in [0.25, 0.3) is 0 Å². The maximum Gasteiger partial charge on any atom is 0.471 e. The third kappa shape index (κ3) is 3.91. The molecular formula is C7H10F3NO2. The lowest BCUT2D eigenvalue weighted by Crippen LogP contribution is -2.45. The minimum absolute atomic E-state index is 0.949. The van der Waals surface area contributed by atoms with E-state index >= 15 is 0 Å². The molecule has 0 heterocycles. The molecule has 2 amide bonds. The summed E-state index contributed by atoms with van der Waals surface area (Å²) in [6.07, 6.45) is -5.01. The van der Waals surface area contributed by atoms with Gasteiger partial charge in [-0.2, -0.15) is 13.2 Å². The van der Waals surface area contributed by atoms with E-state index in [1.54, 1.807) is 0 Å². The molecule has 0 fully saturated rings. The summed E-state index contributed by atoms with van der Waals surface area (Å²) in [6.45, 7) is 4.23. The Kier molecular flexibility index (Phi) is 3.08. The molecule has 76 valence electrons. The smallest absolute Gasteiger partial charge is 0.288 e. The van der Waals surface area contributed by atoms with Crippen LogP contribution in [0.4, 0.5) is 13.2 Å². The number of hydrogen-bond donors (Lipinski definition) is 1. The van der Waals surface area contributed by atoms with Crippen LogP contribution in [-0.2, 0) is 9.59 Å². The molecule has 0 aliphatic carbocycles. The average molecular weight is 197 g/mol. The lowest BCUT2D eigenvalue weighted by Gasteiger charge is -2.17. The van der Waals surface area contributed by atoms with Crippen molar-refractivity contribution in [3.05, 3.63) is 0 Å². The first-order chi connectivity index (χ1) is 5.55. The van der Waals surface area contributed by atoms with Gasteiger partial charge in [0.15, 0.2) is 0 Å². The first-order valence-corrected chi connectivity index (χ1v) is 3.48. The maximum absolute atomic E-state index is 11.6. The quantitative estimate of drug-likeness (QED) is 0.635. The molecule has 0 radical (unpaired) electrons. The number of carbonyl (C=O) groups excluding carboxylic acids is 2. The monoisotopic (exact) mass is 197 g/mol. The first-order valence-electron chi connectivity index (χ1n) is 3.48. The molecule has 0 saturated carbocycles. The van der Waals surface area contributed by atoms with Gasteiger partial charge in [0.05, 0.1) is 0 Å². The first kappa shape index (κ1) is 11.9. The van der Waals surface area contributed by atoms with Gasteiger partial charge in [-0.1, -0.05) is 20.8 Å². The van der Waals surface area contributed by atoms with Crippen LogP contribution >= 0.6 is 0 Å². The number of rotatable bonds is 0. The van der Waals surface area contributed by atoms with Gasteiger partial charge in [0, 0.05) is 5.41 Å². The van der Waals surface area contributed by atoms with Crippen LogP contribution in [0, 0.1) is 5.41 Å². The Morgan fingerprint density at radius 3 is 1.62 bits per heavy atom. The van der Waals surface area contributed by atoms with Crippen LogP contribution in [0.15, 0.2) is 0 Å². The Morgan fingerprint density at radius 1 is 1.00 bits per heavy atom. The molecule has 0 aliphatic heterocycles. The number of amides is 2. The summed E-state index contributed by atoms with van der Waals surface area (Å²) in [4.78, 5) is 21.2. The second-order valence-corrected chi connectivity index (χ2v) is 3.53. The molecule has 0 bridgehead atoms. The summed E-state index contributed by atoms with van der Waals surface area (Å²) in [5.74, 6) is -3.18. The van der Waals surface area contributed by atoms with E-state index in [0.717, 1.165) is 0 Å². The lowest BCUT2D eigenvalue weighted by molar-refractivity contribution is -0.175. The van der Waals surface area contributed by atoms with E-state index in [4.69, 9.17) is 0 Å². The van der Waals surface area contributed by atoms with Gasteiger partial charge in [0.1, 0.15) is 0 Å². The van der Waals surface area contributed by atoms with Crippen molar-refractivity contribution in [2.45, 2.75) is 26.9 Å². The van der Waals surface area contributed by atoms with Crippen molar-refractivity contribution in [1.82, 2.24) is 5.32 Å². The molecule has 0 aromatic rings. The van der Waals surface area contributed by atoms with Crippen LogP contribution < -0.4 is 5.32 Å². The summed E-state index contributed by atoms with van der Waals surface area (Å²) in [5, 5.41) is 1.26. The van der Waals surface area contributed by atoms with Crippen molar-refractivity contribution in [3.63, 3.8) is 0 Å². The molecule has 3 nitrogen and oxygen atoms in total. The number of imide groups is 1. The summed E-state index contributed by atoms with van der Waals surface area (Å²) in [7, 11) is 0. The third-order valence-electron chi connectivity index (χ3n) is 1.17. The zero-order valence-corrected chi connectivity index (χ0v) is 7.45. The van der Waals surface area contributed by atoms with E-state index in [2.05, 4.69) is 0 Å². The highest BCUT2D eigenvalue weighted by Crippen LogP contribution is 2.17. The standard InChI is InChI=1S/C7H10F3NO2/c1-6(2,3)4(12)11-5(13)7(8,9)10/h1-3H3,(H,11,12,13). The Bertz CT molecular complexity index is 203. The Balaban J connectivity index is 4.34. The number of carbonyl (C=O) groups is 2. The SMILES string of the molecule is CC(C)(C)C(=O)NC(=O)C(F)(F)F. The topological polar surface area (TPSA) is 46.2 Å². The van der Waals surface area contributed by atoms with Crippen LogP contribution in [-0.4, -0.2) is 18.0 Å². The van der Waals surface area contributed by atoms with Crippen LogP contribution in [0.5, 0.6) is 0 Å². The number of hydrogen-bond acceptors (Lipinski definition) is 2. The fourth-order valence-corrected chi connectivity index (χ4v) is 0.361. The number of nitrogens with one attached hydrogen (secondary N) is 1. The van der Waals surface area contributed by atoms with Crippen molar-refractivity contribution in [3.8, 4) is 0 Å². The second-order valence-electron chi connectivity index (χ2n) is 3.53. The second kappa shape index (κ2) is 3.35. The van der Waals surface area contributed by atoms with Gasteiger partial charge in [0.2, 0.25) is 5.91 Å². The fourth-order valence-electron chi connectivity index (χ4n) is 0.361. The van der Waals surface area contributed by atoms with Crippen molar-refractivity contribution >= 4 is 11.8 Å². The van der Waals surface area contributed by atoms with Gasteiger partial charge in [-0.25, -0.2) is 0 Å². The molecule has 0 spiro atoms. The van der Waals surface area contributed by atoms with Gasteiger partial charge in [-0.15, -0.1) is 0 Å². The minimum Gasteiger partial charge on any atom is -0.288 e. The molecule has 0 aromatic heterocycles. The van der Waals surface area contributed by atoms with Gasteiger partial charge in [-0.3, -0.25) is 14.9 Å². The molecule has 13 heavy (non-hydrogen) atoms. The van der Waals surface area contributed by atoms with Gasteiger partial charge < -0.3 is 0 Å². The summed E-state index contributed by atoms with van der Waals surface area (Å²) in [6, 6.07) is 0. The zero-order valence-electron chi connectivity index (χ0n) is 7.45. The summed E-state index contributed by atoms with van der Waals surface area (Å²) < 4.78 is 34.9. The number of alkyl halides is 3. The fraction of sp³-hybridized carbons (Fsp3) is 0.714. The van der Waals surface area contributed by atoms with Crippen molar-refractivity contribution < 1.29 is 22.8 Å². The molecule has 1 N–H and O–H groups in total. The zero-order chi connectivity index (χ0) is 10.9. The highest BCUT2D eigenvalue weighted by Gasteiger charge is 2.41. The molecule has 0 rings (SSSR count). The van der Waals surface area contributed by atoms with E-state index in [0.29, 0.717) is 0 Å². The highest BCUT2D eigenvalue weighted by molar-refractivity contribution is 5.99. The van der Waals surface area contributed by atoms with Gasteiger partial charge >= 0.3 is 12.1 Å². The van der Waals surface area contributed by atoms with Crippen LogP contribution in [0.3, 0.4) is 0 Å². The summed E-state index contributed by atoms with van der Waals surface area (Å²) in [5.41, 5.74) is -1.01. The molecule has 6 heteroatoms. The lowest BCUT2D eigenvalue weighted by atomic mass is 9.96. The maximum atomic E-state index is 11.6. The predicted octanol–water partition coefficient (Wildman–Crippen LogP) is 1.24. The van der Waals surface area contributed by atoms with Gasteiger partial charge in [-0.05, 0) is 0 Å². The molecule has 0 saturated heterocycles. The molecule has 0 atom stereocenters. The average Bonchev–Trinajstić information content (AvgIpc) is 1.82. The molecule has 0 unspecified atom stereocenters. The van der Waals surface area contributed by atoms with Crippen LogP contribution in [0.2, 0.25) is 0 Å².